The van der Waals surface area contributed by atoms with E-state index in [2.05, 4.69) is 26.5 Å². The summed E-state index contributed by atoms with van der Waals surface area (Å²) in [5.41, 5.74) is 6.72. The molecule has 1 amide bonds. The highest BCUT2D eigenvalue weighted by atomic mass is 16.2. The van der Waals surface area contributed by atoms with Gasteiger partial charge in [-0.3, -0.25) is 9.69 Å². The lowest BCUT2D eigenvalue weighted by atomic mass is 10.1. The first-order valence-corrected chi connectivity index (χ1v) is 5.58. The zero-order valence-electron chi connectivity index (χ0n) is 9.63. The van der Waals surface area contributed by atoms with Crippen LogP contribution < -0.4 is 10.6 Å². The van der Waals surface area contributed by atoms with Gasteiger partial charge in [0.15, 0.2) is 11.5 Å². The number of nitrogens with two attached hydrogens (primary N) is 1. The number of aromatic nitrogens is 4. The molecule has 0 saturated carbocycles. The number of nitrogens with zero attached hydrogens (tertiary/aromatic N) is 4. The standard InChI is InChI=1S/C11H12N6O/c1-2-6-3-7(18)17(4-6)10-8-9(14-5-13-8)15-11(12)16-10/h2,5-6H,1,3-4H2,(H3,12,13,14,15,16). The van der Waals surface area contributed by atoms with Crippen LogP contribution in [0.2, 0.25) is 0 Å². The summed E-state index contributed by atoms with van der Waals surface area (Å²) in [5.74, 6) is 0.754. The SMILES string of the molecule is C=CC1CC(=O)N(c2nc(N)nc3nc[nH]c23)C1. The molecule has 2 aromatic rings. The number of carbonyl (C=O) groups excluding carboxylic acids is 1. The molecule has 7 heteroatoms. The molecule has 0 radical (unpaired) electrons. The molecule has 3 N–H and O–H groups in total. The van der Waals surface area contributed by atoms with E-state index in [9.17, 15) is 4.79 Å². The molecule has 1 aliphatic rings. The van der Waals surface area contributed by atoms with Crippen molar-refractivity contribution in [3.8, 4) is 0 Å². The molecule has 3 rings (SSSR count). The van der Waals surface area contributed by atoms with Crippen LogP contribution in [0, 0.1) is 5.92 Å². The zero-order chi connectivity index (χ0) is 12.7. The summed E-state index contributed by atoms with van der Waals surface area (Å²) in [6.07, 6.45) is 3.74. The van der Waals surface area contributed by atoms with Crippen molar-refractivity contribution >= 4 is 28.8 Å². The van der Waals surface area contributed by atoms with E-state index in [0.29, 0.717) is 29.9 Å². The van der Waals surface area contributed by atoms with Gasteiger partial charge in [-0.1, -0.05) is 6.08 Å². The second kappa shape index (κ2) is 3.80. The molecule has 7 nitrogen and oxygen atoms in total. The topological polar surface area (TPSA) is 101 Å². The quantitative estimate of drug-likeness (QED) is 0.748. The van der Waals surface area contributed by atoms with Crippen LogP contribution in [0.1, 0.15) is 6.42 Å². The van der Waals surface area contributed by atoms with Gasteiger partial charge in [-0.15, -0.1) is 6.58 Å². The maximum atomic E-state index is 12.0. The first-order valence-electron chi connectivity index (χ1n) is 5.58. The number of amides is 1. The lowest BCUT2D eigenvalue weighted by Crippen LogP contribution is -2.26. The molecule has 1 saturated heterocycles. The van der Waals surface area contributed by atoms with Crippen molar-refractivity contribution < 1.29 is 4.79 Å². The maximum Gasteiger partial charge on any atom is 0.228 e. The highest BCUT2D eigenvalue weighted by Gasteiger charge is 2.31. The molecule has 1 unspecified atom stereocenters. The normalized spacial score (nSPS) is 19.7. The third-order valence-corrected chi connectivity index (χ3v) is 3.03. The van der Waals surface area contributed by atoms with Gasteiger partial charge in [0.1, 0.15) is 5.52 Å². The molecule has 1 aliphatic heterocycles. The van der Waals surface area contributed by atoms with Crippen molar-refractivity contribution in [2.45, 2.75) is 6.42 Å². The minimum absolute atomic E-state index is 0.00824. The van der Waals surface area contributed by atoms with E-state index in [-0.39, 0.29) is 17.8 Å². The van der Waals surface area contributed by atoms with Crippen molar-refractivity contribution in [2.75, 3.05) is 17.2 Å². The molecule has 1 fully saturated rings. The van der Waals surface area contributed by atoms with Gasteiger partial charge >= 0.3 is 0 Å². The Balaban J connectivity index is 2.11. The third kappa shape index (κ3) is 1.52. The van der Waals surface area contributed by atoms with Crippen LogP contribution in [-0.2, 0) is 4.79 Å². The third-order valence-electron chi connectivity index (χ3n) is 3.03. The van der Waals surface area contributed by atoms with Gasteiger partial charge in [0.05, 0.1) is 6.33 Å². The summed E-state index contributed by atoms with van der Waals surface area (Å²) in [5, 5.41) is 0. The first-order chi connectivity index (χ1) is 8.69. The van der Waals surface area contributed by atoms with Gasteiger partial charge in [0.2, 0.25) is 11.9 Å². The minimum Gasteiger partial charge on any atom is -0.368 e. The van der Waals surface area contributed by atoms with E-state index in [1.807, 2.05) is 0 Å². The van der Waals surface area contributed by atoms with E-state index < -0.39 is 0 Å². The Labute approximate surface area is 103 Å². The Morgan fingerprint density at radius 2 is 2.39 bits per heavy atom. The summed E-state index contributed by atoms with van der Waals surface area (Å²) < 4.78 is 0. The van der Waals surface area contributed by atoms with Crippen molar-refractivity contribution in [1.82, 2.24) is 19.9 Å². The average Bonchev–Trinajstić information content (AvgIpc) is 2.94. The minimum atomic E-state index is 0.00824. The second-order valence-corrected chi connectivity index (χ2v) is 4.21. The van der Waals surface area contributed by atoms with Crippen LogP contribution in [0.4, 0.5) is 11.8 Å². The smallest absolute Gasteiger partial charge is 0.228 e. The Morgan fingerprint density at radius 3 is 3.11 bits per heavy atom. The Kier molecular flexibility index (Phi) is 2.26. The monoisotopic (exact) mass is 244 g/mol. The lowest BCUT2D eigenvalue weighted by molar-refractivity contribution is -0.117. The highest BCUT2D eigenvalue weighted by molar-refractivity contribution is 6.01. The molecule has 1 atom stereocenters. The van der Waals surface area contributed by atoms with Gasteiger partial charge in [-0.25, -0.2) is 4.98 Å². The molecule has 0 spiro atoms. The van der Waals surface area contributed by atoms with E-state index in [1.165, 1.54) is 6.33 Å². The number of carbonyl (C=O) groups is 1. The van der Waals surface area contributed by atoms with Gasteiger partial charge in [0.25, 0.3) is 0 Å². The summed E-state index contributed by atoms with van der Waals surface area (Å²) in [4.78, 5) is 28.7. The summed E-state index contributed by atoms with van der Waals surface area (Å²) >= 11 is 0. The van der Waals surface area contributed by atoms with Gasteiger partial charge in [0, 0.05) is 18.9 Å². The molecular formula is C11H12N6O. The fraction of sp³-hybridized carbons (Fsp3) is 0.273. The number of fused-ring (bicyclic) bond motifs is 1. The maximum absolute atomic E-state index is 12.0. The van der Waals surface area contributed by atoms with E-state index in [1.54, 1.807) is 11.0 Å². The largest absolute Gasteiger partial charge is 0.368 e. The van der Waals surface area contributed by atoms with Crippen LogP contribution in [0.3, 0.4) is 0 Å². The molecule has 3 heterocycles. The number of rotatable bonds is 2. The molecule has 18 heavy (non-hydrogen) atoms. The number of nitrogens with one attached hydrogen (secondary N) is 1. The van der Waals surface area contributed by atoms with E-state index >= 15 is 0 Å². The van der Waals surface area contributed by atoms with Crippen LogP contribution in [0.5, 0.6) is 0 Å². The number of hydrogen-bond acceptors (Lipinski definition) is 5. The number of hydrogen-bond donors (Lipinski definition) is 2. The number of imidazole rings is 1. The summed E-state index contributed by atoms with van der Waals surface area (Å²) in [6.45, 7) is 4.28. The van der Waals surface area contributed by atoms with Gasteiger partial charge in [-0.2, -0.15) is 9.97 Å². The molecule has 0 aromatic carbocycles. The number of H-pyrrole nitrogens is 1. The predicted octanol–water partition coefficient (Wildman–Crippen LogP) is 0.474. The molecular weight excluding hydrogens is 232 g/mol. The van der Waals surface area contributed by atoms with Crippen molar-refractivity contribution in [3.05, 3.63) is 19.0 Å². The second-order valence-electron chi connectivity index (χ2n) is 4.21. The van der Waals surface area contributed by atoms with Crippen LogP contribution >= 0.6 is 0 Å². The molecule has 0 aliphatic carbocycles. The fourth-order valence-corrected chi connectivity index (χ4v) is 2.13. The van der Waals surface area contributed by atoms with Crippen molar-refractivity contribution in [1.29, 1.82) is 0 Å². The van der Waals surface area contributed by atoms with Crippen LogP contribution in [0.25, 0.3) is 11.2 Å². The Hall–Kier alpha value is -2.44. The number of aromatic amines is 1. The number of anilines is 2. The molecule has 2 aromatic heterocycles. The summed E-state index contributed by atoms with van der Waals surface area (Å²) in [7, 11) is 0. The van der Waals surface area contributed by atoms with E-state index in [4.69, 9.17) is 5.73 Å². The highest BCUT2D eigenvalue weighted by Crippen LogP contribution is 2.28. The van der Waals surface area contributed by atoms with Gasteiger partial charge in [-0.05, 0) is 0 Å². The lowest BCUT2D eigenvalue weighted by Gasteiger charge is -2.15. The summed E-state index contributed by atoms with van der Waals surface area (Å²) in [6, 6.07) is 0. The fourth-order valence-electron chi connectivity index (χ4n) is 2.13. The average molecular weight is 244 g/mol. The molecule has 92 valence electrons. The Morgan fingerprint density at radius 1 is 1.56 bits per heavy atom. The van der Waals surface area contributed by atoms with E-state index in [0.717, 1.165) is 0 Å². The predicted molar refractivity (Wildman–Crippen MR) is 66.8 cm³/mol. The Bertz CT molecular complexity index is 633. The van der Waals surface area contributed by atoms with Gasteiger partial charge < -0.3 is 10.7 Å². The van der Waals surface area contributed by atoms with Crippen molar-refractivity contribution in [2.24, 2.45) is 5.92 Å². The van der Waals surface area contributed by atoms with Crippen LogP contribution in [0.15, 0.2) is 19.0 Å². The zero-order valence-corrected chi connectivity index (χ0v) is 9.63. The van der Waals surface area contributed by atoms with Crippen molar-refractivity contribution in [3.63, 3.8) is 0 Å². The van der Waals surface area contributed by atoms with Crippen LogP contribution in [-0.4, -0.2) is 32.4 Å². The first kappa shape index (κ1) is 10.7. The number of nitrogen functional groups attached to an aromatic ring is 1. The molecule has 0 bridgehead atoms.